The lowest BCUT2D eigenvalue weighted by Crippen LogP contribution is -2.32. The summed E-state index contributed by atoms with van der Waals surface area (Å²) in [6.45, 7) is 2.82. The number of hydrogen-bond donors (Lipinski definition) is 1. The van der Waals surface area contributed by atoms with E-state index in [4.69, 9.17) is 4.74 Å². The fourth-order valence-electron chi connectivity index (χ4n) is 2.45. The van der Waals surface area contributed by atoms with E-state index in [1.807, 2.05) is 25.1 Å². The number of benzene rings is 1. The average Bonchev–Trinajstić information content (AvgIpc) is 2.29. The van der Waals surface area contributed by atoms with Crippen molar-refractivity contribution < 1.29 is 9.84 Å². The number of rotatable bonds is 5. The molecule has 18 heavy (non-hydrogen) atoms. The Morgan fingerprint density at radius 2 is 2.11 bits per heavy atom. The van der Waals surface area contributed by atoms with Gasteiger partial charge in [-0.15, -0.1) is 0 Å². The van der Waals surface area contributed by atoms with Crippen LogP contribution in [-0.4, -0.2) is 17.8 Å². The van der Waals surface area contributed by atoms with Gasteiger partial charge in [-0.2, -0.15) is 0 Å². The van der Waals surface area contributed by atoms with Gasteiger partial charge in [-0.25, -0.2) is 0 Å². The van der Waals surface area contributed by atoms with Crippen LogP contribution in [0.5, 0.6) is 0 Å². The molecule has 0 bridgehead atoms. The fraction of sp³-hybridized carbons (Fsp3) is 0.571. The molecule has 0 aliphatic heterocycles. The van der Waals surface area contributed by atoms with Crippen molar-refractivity contribution in [2.45, 2.75) is 38.4 Å². The number of hydrogen-bond acceptors (Lipinski definition) is 2. The second-order valence-corrected chi connectivity index (χ2v) is 6.60. The molecular weight excluding hydrogens is 360 g/mol. The number of aliphatic hydroxyl groups is 1. The van der Waals surface area contributed by atoms with E-state index >= 15 is 0 Å². The maximum absolute atomic E-state index is 10.3. The Balaban J connectivity index is 1.89. The number of ether oxygens (including phenoxy) is 1. The lowest BCUT2D eigenvalue weighted by atomic mass is 9.78. The van der Waals surface area contributed by atoms with Gasteiger partial charge in [0.1, 0.15) is 0 Å². The van der Waals surface area contributed by atoms with Gasteiger partial charge >= 0.3 is 0 Å². The number of halogens is 2. The van der Waals surface area contributed by atoms with Crippen molar-refractivity contribution in [3.8, 4) is 0 Å². The Morgan fingerprint density at radius 3 is 2.78 bits per heavy atom. The monoisotopic (exact) mass is 376 g/mol. The molecule has 1 aromatic rings. The van der Waals surface area contributed by atoms with Crippen molar-refractivity contribution in [3.63, 3.8) is 0 Å². The Kier molecular flexibility index (Phi) is 5.24. The minimum absolute atomic E-state index is 0.399. The molecule has 1 fully saturated rings. The van der Waals surface area contributed by atoms with E-state index in [1.165, 1.54) is 0 Å². The molecule has 0 saturated heterocycles. The van der Waals surface area contributed by atoms with Gasteiger partial charge in [-0.1, -0.05) is 31.9 Å². The third-order valence-corrected chi connectivity index (χ3v) is 4.68. The first-order valence-electron chi connectivity index (χ1n) is 6.34. The second kappa shape index (κ2) is 6.51. The van der Waals surface area contributed by atoms with Crippen LogP contribution in [0.3, 0.4) is 0 Å². The molecule has 0 aromatic heterocycles. The molecule has 0 radical (unpaired) electrons. The van der Waals surface area contributed by atoms with Crippen molar-refractivity contribution in [2.24, 2.45) is 5.92 Å². The quantitative estimate of drug-likeness (QED) is 0.821. The van der Waals surface area contributed by atoms with Crippen molar-refractivity contribution in [1.29, 1.82) is 0 Å². The largest absolute Gasteiger partial charge is 0.388 e. The number of aliphatic hydroxyl groups excluding tert-OH is 1. The molecule has 1 atom stereocenters. The van der Waals surface area contributed by atoms with Crippen LogP contribution in [0.1, 0.15) is 37.9 Å². The SMILES string of the molecule is CCOC1CC(CC(O)c2cc(Br)ccc2Br)C1. The molecule has 0 heterocycles. The van der Waals surface area contributed by atoms with Gasteiger partial charge in [0.05, 0.1) is 12.2 Å². The van der Waals surface area contributed by atoms with E-state index in [9.17, 15) is 5.11 Å². The summed E-state index contributed by atoms with van der Waals surface area (Å²) in [5.41, 5.74) is 0.962. The summed E-state index contributed by atoms with van der Waals surface area (Å²) in [6.07, 6.45) is 2.99. The van der Waals surface area contributed by atoms with Gasteiger partial charge < -0.3 is 9.84 Å². The Morgan fingerprint density at radius 1 is 1.39 bits per heavy atom. The molecule has 1 saturated carbocycles. The highest BCUT2D eigenvalue weighted by Gasteiger charge is 2.31. The molecule has 1 aliphatic rings. The van der Waals surface area contributed by atoms with Crippen LogP contribution in [-0.2, 0) is 4.74 Å². The van der Waals surface area contributed by atoms with Crippen LogP contribution in [0.15, 0.2) is 27.1 Å². The molecule has 1 aromatic carbocycles. The highest BCUT2D eigenvalue weighted by atomic mass is 79.9. The normalized spacial score (nSPS) is 24.7. The lowest BCUT2D eigenvalue weighted by Gasteiger charge is -2.36. The zero-order chi connectivity index (χ0) is 13.1. The van der Waals surface area contributed by atoms with E-state index < -0.39 is 6.10 Å². The molecule has 100 valence electrons. The third-order valence-electron chi connectivity index (χ3n) is 3.47. The van der Waals surface area contributed by atoms with E-state index in [-0.39, 0.29) is 0 Å². The third kappa shape index (κ3) is 3.56. The summed E-state index contributed by atoms with van der Waals surface area (Å²) in [7, 11) is 0. The first kappa shape index (κ1) is 14.5. The van der Waals surface area contributed by atoms with E-state index in [0.717, 1.165) is 40.4 Å². The van der Waals surface area contributed by atoms with Crippen LogP contribution < -0.4 is 0 Å². The van der Waals surface area contributed by atoms with Crippen LogP contribution in [0.2, 0.25) is 0 Å². The molecule has 1 aliphatic carbocycles. The Hall–Kier alpha value is 0.1000. The predicted molar refractivity (Wildman–Crippen MR) is 79.6 cm³/mol. The first-order chi connectivity index (χ1) is 8.60. The van der Waals surface area contributed by atoms with Gasteiger partial charge in [0, 0.05) is 15.6 Å². The van der Waals surface area contributed by atoms with E-state index in [2.05, 4.69) is 31.9 Å². The van der Waals surface area contributed by atoms with Crippen molar-refractivity contribution in [2.75, 3.05) is 6.61 Å². The zero-order valence-electron chi connectivity index (χ0n) is 10.4. The predicted octanol–water partition coefficient (Wildman–Crippen LogP) is 4.45. The summed E-state index contributed by atoms with van der Waals surface area (Å²) in [5, 5.41) is 10.3. The summed E-state index contributed by atoms with van der Waals surface area (Å²) in [5.74, 6) is 0.586. The summed E-state index contributed by atoms with van der Waals surface area (Å²) in [4.78, 5) is 0. The molecule has 2 rings (SSSR count). The molecule has 4 heteroatoms. The van der Waals surface area contributed by atoms with Gasteiger partial charge in [0.15, 0.2) is 0 Å². The summed E-state index contributed by atoms with van der Waals surface area (Å²) < 4.78 is 7.51. The molecule has 0 amide bonds. The van der Waals surface area contributed by atoms with Gasteiger partial charge in [0.2, 0.25) is 0 Å². The first-order valence-corrected chi connectivity index (χ1v) is 7.93. The summed E-state index contributed by atoms with van der Waals surface area (Å²) >= 11 is 6.93. The van der Waals surface area contributed by atoms with Gasteiger partial charge in [-0.3, -0.25) is 0 Å². The van der Waals surface area contributed by atoms with Crippen molar-refractivity contribution in [1.82, 2.24) is 0 Å². The van der Waals surface area contributed by atoms with Crippen molar-refractivity contribution in [3.05, 3.63) is 32.7 Å². The molecular formula is C14H18Br2O2. The van der Waals surface area contributed by atoms with Crippen LogP contribution >= 0.6 is 31.9 Å². The van der Waals surface area contributed by atoms with Gasteiger partial charge in [-0.05, 0) is 55.9 Å². The minimum atomic E-state index is -0.399. The maximum Gasteiger partial charge on any atom is 0.0804 e. The van der Waals surface area contributed by atoms with Gasteiger partial charge in [0.25, 0.3) is 0 Å². The molecule has 1 unspecified atom stereocenters. The maximum atomic E-state index is 10.3. The second-order valence-electron chi connectivity index (χ2n) is 4.83. The summed E-state index contributed by atoms with van der Waals surface area (Å²) in [6, 6.07) is 5.91. The van der Waals surface area contributed by atoms with Crippen LogP contribution in [0, 0.1) is 5.92 Å². The van der Waals surface area contributed by atoms with Crippen molar-refractivity contribution >= 4 is 31.9 Å². The highest BCUT2D eigenvalue weighted by Crippen LogP contribution is 2.38. The lowest BCUT2D eigenvalue weighted by molar-refractivity contribution is -0.0380. The highest BCUT2D eigenvalue weighted by molar-refractivity contribution is 9.11. The fourth-order valence-corrected chi connectivity index (χ4v) is 3.34. The topological polar surface area (TPSA) is 29.5 Å². The Labute approximate surface area is 125 Å². The molecule has 2 nitrogen and oxygen atoms in total. The smallest absolute Gasteiger partial charge is 0.0804 e. The Bertz CT molecular complexity index is 403. The average molecular weight is 378 g/mol. The minimum Gasteiger partial charge on any atom is -0.388 e. The molecule has 0 spiro atoms. The van der Waals surface area contributed by atoms with Crippen LogP contribution in [0.25, 0.3) is 0 Å². The standard InChI is InChI=1S/C14H18Br2O2/c1-2-18-11-5-9(6-11)7-14(17)12-8-10(15)3-4-13(12)16/h3-4,8-9,11,14,17H,2,5-7H2,1H3. The van der Waals surface area contributed by atoms with E-state index in [1.54, 1.807) is 0 Å². The van der Waals surface area contributed by atoms with E-state index in [0.29, 0.717) is 12.0 Å². The zero-order valence-corrected chi connectivity index (χ0v) is 13.6. The molecule has 1 N–H and O–H groups in total. The van der Waals surface area contributed by atoms with Crippen LogP contribution in [0.4, 0.5) is 0 Å².